The number of hydrogen-bond donors (Lipinski definition) is 3. The second-order valence-corrected chi connectivity index (χ2v) is 10.4. The summed E-state index contributed by atoms with van der Waals surface area (Å²) in [6, 6.07) is 13.0. The average Bonchev–Trinajstić information content (AvgIpc) is 2.94. The van der Waals surface area contributed by atoms with E-state index in [-0.39, 0.29) is 18.9 Å². The first-order valence-electron chi connectivity index (χ1n) is 13.9. The molecule has 4 amide bonds. The number of amides is 4. The van der Waals surface area contributed by atoms with Crippen molar-refractivity contribution in [2.24, 2.45) is 11.7 Å². The fourth-order valence-electron chi connectivity index (χ4n) is 4.72. The van der Waals surface area contributed by atoms with Crippen LogP contribution in [0.1, 0.15) is 45.6 Å². The molecule has 1 aliphatic rings. The summed E-state index contributed by atoms with van der Waals surface area (Å²) in [6.45, 7) is 6.55. The second-order valence-electron chi connectivity index (χ2n) is 10.4. The molecular weight excluding hydrogens is 513 g/mol. The Balaban J connectivity index is 1.67. The average molecular weight is 554 g/mol. The maximum atomic E-state index is 13.3. The normalized spacial score (nSPS) is 16.7. The maximum Gasteiger partial charge on any atom is 0.312 e. The third kappa shape index (κ3) is 8.35. The molecule has 0 spiro atoms. The zero-order valence-corrected chi connectivity index (χ0v) is 23.4. The summed E-state index contributed by atoms with van der Waals surface area (Å²) in [4.78, 5) is 54.4. The van der Waals surface area contributed by atoms with Gasteiger partial charge in [-0.25, -0.2) is 4.39 Å². The van der Waals surface area contributed by atoms with Gasteiger partial charge in [0.15, 0.2) is 0 Å². The highest BCUT2D eigenvalue weighted by Gasteiger charge is 2.37. The second kappa shape index (κ2) is 14.6. The fourth-order valence-corrected chi connectivity index (χ4v) is 4.72. The predicted molar refractivity (Wildman–Crippen MR) is 152 cm³/mol. The first-order valence-corrected chi connectivity index (χ1v) is 13.9. The van der Waals surface area contributed by atoms with Gasteiger partial charge in [-0.05, 0) is 56.0 Å². The fraction of sp³-hybridized carbons (Fsp3) is 0.467. The molecule has 0 aliphatic carbocycles. The number of nitrogens with two attached hydrogens (primary N) is 1. The van der Waals surface area contributed by atoms with E-state index >= 15 is 0 Å². The number of piperazine rings is 1. The van der Waals surface area contributed by atoms with Crippen molar-refractivity contribution < 1.29 is 23.6 Å². The van der Waals surface area contributed by atoms with Crippen molar-refractivity contribution in [1.29, 1.82) is 0 Å². The number of carbonyl (C=O) groups is 4. The van der Waals surface area contributed by atoms with Crippen LogP contribution < -0.4 is 16.4 Å². The highest BCUT2D eigenvalue weighted by molar-refractivity contribution is 6.35. The van der Waals surface area contributed by atoms with Crippen LogP contribution in [-0.2, 0) is 25.6 Å². The monoisotopic (exact) mass is 553 g/mol. The molecule has 1 heterocycles. The summed E-state index contributed by atoms with van der Waals surface area (Å²) in [5.41, 5.74) is 8.00. The first-order chi connectivity index (χ1) is 19.1. The van der Waals surface area contributed by atoms with Crippen LogP contribution >= 0.6 is 0 Å². The van der Waals surface area contributed by atoms with E-state index < -0.39 is 47.6 Å². The van der Waals surface area contributed by atoms with Crippen LogP contribution in [0, 0.1) is 11.7 Å². The molecule has 0 saturated carbocycles. The van der Waals surface area contributed by atoms with E-state index in [0.717, 1.165) is 18.4 Å². The van der Waals surface area contributed by atoms with E-state index in [1.165, 1.54) is 29.2 Å². The van der Waals surface area contributed by atoms with Gasteiger partial charge in [0.05, 0.1) is 0 Å². The lowest BCUT2D eigenvalue weighted by Gasteiger charge is -2.37. The van der Waals surface area contributed by atoms with Crippen LogP contribution in [0.4, 0.5) is 10.1 Å². The minimum absolute atomic E-state index is 0.271. The van der Waals surface area contributed by atoms with Gasteiger partial charge in [0.25, 0.3) is 0 Å². The van der Waals surface area contributed by atoms with E-state index in [4.69, 9.17) is 5.73 Å². The first kappa shape index (κ1) is 30.7. The van der Waals surface area contributed by atoms with Crippen molar-refractivity contribution in [1.82, 2.24) is 15.1 Å². The van der Waals surface area contributed by atoms with Crippen LogP contribution in [-0.4, -0.2) is 71.2 Å². The van der Waals surface area contributed by atoms with Crippen molar-refractivity contribution in [2.45, 2.75) is 64.6 Å². The summed E-state index contributed by atoms with van der Waals surface area (Å²) in [7, 11) is 0. The highest BCUT2D eigenvalue weighted by atomic mass is 19.1. The molecule has 10 heteroatoms. The number of anilines is 1. The molecule has 0 bridgehead atoms. The Bertz CT molecular complexity index is 1160. The molecule has 3 rings (SSSR count). The standard InChI is InChI=1S/C30H40FN5O4/c1-4-5-15-35-16-17-36(30(40)29(35)39)21(3)28(38)34-26(19-22-9-7-6-8-10-22)25(32)18-20(2)27(37)33-24-13-11-23(31)12-14-24/h6-14,20-21,25-26H,4-5,15-19,32H2,1-3H3,(H,33,37)(H,34,38)/t20-,21-,25+,26+/m1/s1. The molecule has 216 valence electrons. The Labute approximate surface area is 235 Å². The molecule has 40 heavy (non-hydrogen) atoms. The Morgan fingerprint density at radius 1 is 0.975 bits per heavy atom. The zero-order valence-electron chi connectivity index (χ0n) is 23.4. The third-order valence-corrected chi connectivity index (χ3v) is 7.30. The quantitative estimate of drug-likeness (QED) is 0.329. The van der Waals surface area contributed by atoms with Gasteiger partial charge in [-0.1, -0.05) is 50.6 Å². The Morgan fingerprint density at radius 3 is 2.30 bits per heavy atom. The number of nitrogens with zero attached hydrogens (tertiary/aromatic N) is 2. The number of rotatable bonds is 13. The van der Waals surface area contributed by atoms with E-state index in [9.17, 15) is 23.6 Å². The van der Waals surface area contributed by atoms with Gasteiger partial charge in [0, 0.05) is 43.3 Å². The minimum Gasteiger partial charge on any atom is -0.350 e. The molecule has 2 aromatic carbocycles. The molecule has 0 radical (unpaired) electrons. The van der Waals surface area contributed by atoms with Gasteiger partial charge in [0.1, 0.15) is 11.9 Å². The van der Waals surface area contributed by atoms with E-state index in [1.54, 1.807) is 18.7 Å². The van der Waals surface area contributed by atoms with Gasteiger partial charge in [-0.2, -0.15) is 0 Å². The van der Waals surface area contributed by atoms with Crippen LogP contribution in [0.5, 0.6) is 0 Å². The number of nitrogens with one attached hydrogen (secondary N) is 2. The summed E-state index contributed by atoms with van der Waals surface area (Å²) in [5, 5.41) is 5.75. The van der Waals surface area contributed by atoms with E-state index in [0.29, 0.717) is 25.2 Å². The Morgan fingerprint density at radius 2 is 1.65 bits per heavy atom. The SMILES string of the molecule is CCCCN1CCN([C@H](C)C(=O)N[C@@H](Cc2ccccc2)[C@@H](N)C[C@@H](C)C(=O)Nc2ccc(F)cc2)C(=O)C1=O. The number of benzene rings is 2. The molecule has 4 atom stereocenters. The van der Waals surface area contributed by atoms with Crippen molar-refractivity contribution in [3.05, 3.63) is 66.0 Å². The van der Waals surface area contributed by atoms with E-state index in [1.807, 2.05) is 37.3 Å². The van der Waals surface area contributed by atoms with Crippen LogP contribution in [0.15, 0.2) is 54.6 Å². The van der Waals surface area contributed by atoms with Crippen LogP contribution in [0.2, 0.25) is 0 Å². The van der Waals surface area contributed by atoms with Crippen LogP contribution in [0.25, 0.3) is 0 Å². The molecule has 0 unspecified atom stereocenters. The zero-order chi connectivity index (χ0) is 29.2. The molecule has 9 nitrogen and oxygen atoms in total. The lowest BCUT2D eigenvalue weighted by Crippen LogP contribution is -2.61. The van der Waals surface area contributed by atoms with Gasteiger partial charge in [-0.3, -0.25) is 19.2 Å². The molecule has 4 N–H and O–H groups in total. The lowest BCUT2D eigenvalue weighted by atomic mass is 9.92. The van der Waals surface area contributed by atoms with E-state index in [2.05, 4.69) is 10.6 Å². The highest BCUT2D eigenvalue weighted by Crippen LogP contribution is 2.17. The molecule has 2 aromatic rings. The van der Waals surface area contributed by atoms with Crippen molar-refractivity contribution in [3.8, 4) is 0 Å². The largest absolute Gasteiger partial charge is 0.350 e. The Hall–Kier alpha value is -3.79. The number of hydrogen-bond acceptors (Lipinski definition) is 5. The molecule has 1 fully saturated rings. The maximum absolute atomic E-state index is 13.3. The number of unbranched alkanes of at least 4 members (excludes halogenated alkanes) is 1. The molecular formula is C30H40FN5O4. The van der Waals surface area contributed by atoms with Crippen molar-refractivity contribution >= 4 is 29.3 Å². The van der Waals surface area contributed by atoms with Crippen molar-refractivity contribution in [2.75, 3.05) is 25.0 Å². The van der Waals surface area contributed by atoms with Crippen LogP contribution in [0.3, 0.4) is 0 Å². The summed E-state index contributed by atoms with van der Waals surface area (Å²) in [6.07, 6.45) is 2.42. The van der Waals surface area contributed by atoms with Crippen molar-refractivity contribution in [3.63, 3.8) is 0 Å². The van der Waals surface area contributed by atoms with Gasteiger partial charge >= 0.3 is 11.8 Å². The number of carbonyl (C=O) groups excluding carboxylic acids is 4. The summed E-state index contributed by atoms with van der Waals surface area (Å²) < 4.78 is 13.2. The van der Waals surface area contributed by atoms with Gasteiger partial charge in [0.2, 0.25) is 11.8 Å². The minimum atomic E-state index is -0.866. The lowest BCUT2D eigenvalue weighted by molar-refractivity contribution is -0.159. The Kier molecular flexibility index (Phi) is 11.2. The molecule has 0 aromatic heterocycles. The predicted octanol–water partition coefficient (Wildman–Crippen LogP) is 2.70. The summed E-state index contributed by atoms with van der Waals surface area (Å²) >= 11 is 0. The van der Waals surface area contributed by atoms with Gasteiger partial charge < -0.3 is 26.2 Å². The summed E-state index contributed by atoms with van der Waals surface area (Å²) in [5.74, 6) is -2.85. The molecule has 1 saturated heterocycles. The van der Waals surface area contributed by atoms with Gasteiger partial charge in [-0.15, -0.1) is 0 Å². The third-order valence-electron chi connectivity index (χ3n) is 7.30. The number of halogens is 1. The molecule has 1 aliphatic heterocycles. The topological polar surface area (TPSA) is 125 Å². The smallest absolute Gasteiger partial charge is 0.312 e.